The van der Waals surface area contributed by atoms with E-state index in [1.807, 2.05) is 0 Å². The third-order valence-electron chi connectivity index (χ3n) is 4.43. The number of H-pyrrole nitrogens is 1. The zero-order valence-electron chi connectivity index (χ0n) is 16.0. The maximum Gasteiger partial charge on any atom is 0.433 e. The maximum absolute atomic E-state index is 13.7. The second-order valence-electron chi connectivity index (χ2n) is 6.64. The number of nitrogens with one attached hydrogen (secondary N) is 2. The number of halogens is 3. The van der Waals surface area contributed by atoms with Crippen LogP contribution in [0.1, 0.15) is 11.3 Å². The number of aromatic amines is 1. The fraction of sp³-hybridized carbons (Fsp3) is 0.0526. The molecule has 0 saturated heterocycles. The van der Waals surface area contributed by atoms with Crippen LogP contribution in [0.2, 0.25) is 0 Å². The van der Waals surface area contributed by atoms with E-state index in [9.17, 15) is 26.4 Å². The highest BCUT2D eigenvalue weighted by molar-refractivity contribution is 7.89. The van der Waals surface area contributed by atoms with Gasteiger partial charge in [-0.15, -0.1) is 0 Å². The van der Waals surface area contributed by atoms with E-state index in [1.54, 1.807) is 24.3 Å². The van der Waals surface area contributed by atoms with Crippen molar-refractivity contribution < 1.29 is 21.6 Å². The minimum absolute atomic E-state index is 0.0401. The van der Waals surface area contributed by atoms with Crippen molar-refractivity contribution in [2.24, 2.45) is 5.14 Å². The lowest BCUT2D eigenvalue weighted by molar-refractivity contribution is -0.141. The van der Waals surface area contributed by atoms with E-state index in [0.717, 1.165) is 16.0 Å². The molecule has 4 N–H and O–H groups in total. The molecule has 2 heterocycles. The quantitative estimate of drug-likeness (QED) is 0.403. The first-order chi connectivity index (χ1) is 14.9. The molecule has 0 aliphatic heterocycles. The summed E-state index contributed by atoms with van der Waals surface area (Å²) in [6.07, 6.45) is -4.88. The monoisotopic (exact) mass is 481 g/mol. The van der Waals surface area contributed by atoms with Crippen molar-refractivity contribution in [3.05, 3.63) is 76.7 Å². The number of fused-ring (bicyclic) bond motifs is 1. The van der Waals surface area contributed by atoms with Crippen LogP contribution in [0.15, 0.2) is 64.8 Å². The summed E-state index contributed by atoms with van der Waals surface area (Å²) in [5.74, 6) is 0. The number of nitrogens with zero attached hydrogens (tertiary/aromatic N) is 2. The molecule has 0 aliphatic carbocycles. The topological polar surface area (TPSA) is 123 Å². The Kier molecular flexibility index (Phi) is 5.19. The Balaban J connectivity index is 1.76. The molecule has 0 bridgehead atoms. The number of thiazole rings is 1. The van der Waals surface area contributed by atoms with Crippen LogP contribution in [0, 0.1) is 0 Å². The second kappa shape index (κ2) is 7.62. The van der Waals surface area contributed by atoms with Gasteiger partial charge >= 0.3 is 6.18 Å². The predicted octanol–water partition coefficient (Wildman–Crippen LogP) is 3.52. The lowest BCUT2D eigenvalue weighted by Crippen LogP contribution is -2.19. The Hall–Kier alpha value is -3.42. The number of benzene rings is 2. The van der Waals surface area contributed by atoms with Crippen molar-refractivity contribution in [3.8, 4) is 5.13 Å². The second-order valence-corrected chi connectivity index (χ2v) is 9.21. The normalized spacial score (nSPS) is 12.2. The Morgan fingerprint density at radius 3 is 2.41 bits per heavy atom. The Labute approximate surface area is 182 Å². The molecule has 0 radical (unpaired) electrons. The molecule has 2 aromatic carbocycles. The van der Waals surface area contributed by atoms with Crippen molar-refractivity contribution >= 4 is 43.0 Å². The van der Waals surface area contributed by atoms with E-state index in [1.165, 1.54) is 24.3 Å². The summed E-state index contributed by atoms with van der Waals surface area (Å²) in [6, 6.07) is 11.8. The SMILES string of the molecule is C=C(Nc1ccc(S(N)(=O)=O)cc1)c1c(C(F)(F)F)[nH]n(-c2nc3ccccc3s2)c1=O. The fourth-order valence-corrected chi connectivity index (χ4v) is 4.42. The third kappa shape index (κ3) is 4.04. The van der Waals surface area contributed by atoms with Crippen molar-refractivity contribution in [2.75, 3.05) is 5.32 Å². The largest absolute Gasteiger partial charge is 0.433 e. The number of alkyl halides is 3. The summed E-state index contributed by atoms with van der Waals surface area (Å²) in [5, 5.41) is 9.76. The fourth-order valence-electron chi connectivity index (χ4n) is 2.98. The van der Waals surface area contributed by atoms with Gasteiger partial charge in [-0.2, -0.15) is 17.9 Å². The number of sulfonamides is 1. The highest BCUT2D eigenvalue weighted by Gasteiger charge is 2.39. The van der Waals surface area contributed by atoms with Crippen molar-refractivity contribution in [3.63, 3.8) is 0 Å². The third-order valence-corrected chi connectivity index (χ3v) is 6.38. The molecule has 0 unspecified atom stereocenters. The number of hydrogen-bond donors (Lipinski definition) is 3. The maximum atomic E-state index is 13.7. The van der Waals surface area contributed by atoms with E-state index in [4.69, 9.17) is 5.14 Å². The highest BCUT2D eigenvalue weighted by atomic mass is 32.2. The van der Waals surface area contributed by atoms with Crippen LogP contribution in [-0.4, -0.2) is 23.2 Å². The summed E-state index contributed by atoms with van der Waals surface area (Å²) < 4.78 is 65.2. The minimum atomic E-state index is -4.88. The van der Waals surface area contributed by atoms with Crippen LogP contribution in [0.25, 0.3) is 21.0 Å². The molecule has 0 spiro atoms. The molecular weight excluding hydrogens is 467 g/mol. The number of aromatic nitrogens is 3. The smallest absolute Gasteiger partial charge is 0.355 e. The van der Waals surface area contributed by atoms with E-state index >= 15 is 0 Å². The molecule has 166 valence electrons. The van der Waals surface area contributed by atoms with E-state index in [2.05, 4.69) is 22.0 Å². The van der Waals surface area contributed by atoms with Crippen molar-refractivity contribution in [1.29, 1.82) is 0 Å². The van der Waals surface area contributed by atoms with Crippen LogP contribution in [-0.2, 0) is 16.2 Å². The first kappa shape index (κ1) is 21.8. The molecule has 32 heavy (non-hydrogen) atoms. The average Bonchev–Trinajstić information content (AvgIpc) is 3.28. The van der Waals surface area contributed by atoms with Gasteiger partial charge in [-0.3, -0.25) is 9.89 Å². The number of rotatable bonds is 5. The highest BCUT2D eigenvalue weighted by Crippen LogP contribution is 2.33. The minimum Gasteiger partial charge on any atom is -0.355 e. The average molecular weight is 481 g/mol. The van der Waals surface area contributed by atoms with Gasteiger partial charge in [0.2, 0.25) is 15.2 Å². The molecule has 4 rings (SSSR count). The van der Waals surface area contributed by atoms with Crippen LogP contribution >= 0.6 is 11.3 Å². The van der Waals surface area contributed by atoms with Gasteiger partial charge in [0.25, 0.3) is 5.56 Å². The molecule has 0 amide bonds. The zero-order chi connectivity index (χ0) is 23.3. The summed E-state index contributed by atoms with van der Waals surface area (Å²) in [5.41, 5.74) is -2.58. The summed E-state index contributed by atoms with van der Waals surface area (Å²) in [6.45, 7) is 3.57. The molecule has 0 atom stereocenters. The van der Waals surface area contributed by atoms with Crippen LogP contribution in [0.4, 0.5) is 18.9 Å². The van der Waals surface area contributed by atoms with Gasteiger partial charge in [0, 0.05) is 11.4 Å². The molecule has 0 fully saturated rings. The van der Waals surface area contributed by atoms with E-state index in [0.29, 0.717) is 10.2 Å². The lowest BCUT2D eigenvalue weighted by atomic mass is 10.1. The molecular formula is C19H14F3N5O3S2. The molecule has 0 aliphatic rings. The number of hydrogen-bond acceptors (Lipinski definition) is 6. The van der Waals surface area contributed by atoms with Gasteiger partial charge in [0.1, 0.15) is 0 Å². The van der Waals surface area contributed by atoms with Gasteiger partial charge in [0.05, 0.1) is 20.7 Å². The van der Waals surface area contributed by atoms with Crippen LogP contribution in [0.5, 0.6) is 0 Å². The number of anilines is 1. The molecule has 13 heteroatoms. The van der Waals surface area contributed by atoms with Crippen LogP contribution < -0.4 is 16.0 Å². The lowest BCUT2D eigenvalue weighted by Gasteiger charge is -2.11. The summed E-state index contributed by atoms with van der Waals surface area (Å²) >= 11 is 1.05. The molecule has 8 nitrogen and oxygen atoms in total. The Morgan fingerprint density at radius 2 is 1.81 bits per heavy atom. The summed E-state index contributed by atoms with van der Waals surface area (Å²) in [4.78, 5) is 17.0. The van der Waals surface area contributed by atoms with Gasteiger partial charge < -0.3 is 5.32 Å². The summed E-state index contributed by atoms with van der Waals surface area (Å²) in [7, 11) is -3.93. The van der Waals surface area contributed by atoms with Gasteiger partial charge in [-0.25, -0.2) is 18.5 Å². The van der Waals surface area contributed by atoms with Crippen LogP contribution in [0.3, 0.4) is 0 Å². The van der Waals surface area contributed by atoms with E-state index in [-0.39, 0.29) is 21.4 Å². The number of primary sulfonamides is 1. The van der Waals surface area contributed by atoms with Gasteiger partial charge in [0.15, 0.2) is 5.69 Å². The van der Waals surface area contributed by atoms with E-state index < -0.39 is 33.0 Å². The van der Waals surface area contributed by atoms with Gasteiger partial charge in [-0.05, 0) is 36.4 Å². The Morgan fingerprint density at radius 1 is 1.16 bits per heavy atom. The van der Waals surface area contributed by atoms with Crippen molar-refractivity contribution in [2.45, 2.75) is 11.1 Å². The van der Waals surface area contributed by atoms with Crippen molar-refractivity contribution in [1.82, 2.24) is 14.8 Å². The Bertz CT molecular complexity index is 1470. The predicted molar refractivity (Wildman–Crippen MR) is 115 cm³/mol. The molecule has 0 saturated carbocycles. The first-order valence-electron chi connectivity index (χ1n) is 8.82. The first-order valence-corrected chi connectivity index (χ1v) is 11.2. The standard InChI is InChI=1S/C19H14F3N5O3S2/c1-10(24-11-6-8-12(9-7-11)32(23,29)30)15-16(19(20,21)22)26-27(17(15)28)18-25-13-4-2-3-5-14(13)31-18/h2-9,24,26H,1H2,(H2,23,29,30). The zero-order valence-corrected chi connectivity index (χ0v) is 17.6. The molecule has 4 aromatic rings. The number of nitrogens with two attached hydrogens (primary N) is 1. The molecule has 2 aromatic heterocycles. The number of para-hydroxylation sites is 1. The van der Waals surface area contributed by atoms with Gasteiger partial charge in [-0.1, -0.05) is 30.0 Å².